The third kappa shape index (κ3) is 5.93. The first-order valence-corrected chi connectivity index (χ1v) is 11.9. The standard InChI is InChI=1S/C25H27N3O5S/c1-18-5-9-20(10-6-18)16-26-27-25(29)17-28(21-11-7-19(2)8-12-21)34(30,31)22-13-14-23(32-3)24(15-22)33-4/h5-16H,17H2,1-4H3,(H,27,29)/b26-16-. The maximum Gasteiger partial charge on any atom is 0.264 e. The van der Waals surface area contributed by atoms with Crippen LogP contribution < -0.4 is 19.2 Å². The van der Waals surface area contributed by atoms with Crippen LogP contribution in [0, 0.1) is 13.8 Å². The van der Waals surface area contributed by atoms with E-state index in [9.17, 15) is 13.2 Å². The second-order valence-corrected chi connectivity index (χ2v) is 9.43. The largest absolute Gasteiger partial charge is 0.493 e. The highest BCUT2D eigenvalue weighted by atomic mass is 32.2. The molecule has 0 aliphatic rings. The molecule has 1 N–H and O–H groups in total. The number of amides is 1. The highest BCUT2D eigenvalue weighted by molar-refractivity contribution is 7.92. The maximum absolute atomic E-state index is 13.6. The van der Waals surface area contributed by atoms with Crippen LogP contribution in [0.25, 0.3) is 0 Å². The molecule has 0 unspecified atom stereocenters. The van der Waals surface area contributed by atoms with E-state index in [0.717, 1.165) is 21.0 Å². The number of hydrogen-bond donors (Lipinski definition) is 1. The number of benzene rings is 3. The van der Waals surface area contributed by atoms with Crippen molar-refractivity contribution in [3.05, 3.63) is 83.4 Å². The summed E-state index contributed by atoms with van der Waals surface area (Å²) in [5.41, 5.74) is 5.62. The average molecular weight is 482 g/mol. The first-order valence-electron chi connectivity index (χ1n) is 10.4. The van der Waals surface area contributed by atoms with Crippen LogP contribution in [-0.4, -0.2) is 41.3 Å². The fourth-order valence-corrected chi connectivity index (χ4v) is 4.56. The molecule has 3 aromatic carbocycles. The molecule has 0 saturated carbocycles. The Morgan fingerprint density at radius 1 is 0.912 bits per heavy atom. The van der Waals surface area contributed by atoms with Gasteiger partial charge in [-0.1, -0.05) is 47.5 Å². The molecule has 0 bridgehead atoms. The van der Waals surface area contributed by atoms with Gasteiger partial charge in [-0.15, -0.1) is 0 Å². The van der Waals surface area contributed by atoms with Crippen molar-refractivity contribution in [3.8, 4) is 11.5 Å². The molecule has 0 atom stereocenters. The van der Waals surface area contributed by atoms with Crippen LogP contribution in [0.2, 0.25) is 0 Å². The molecule has 8 nitrogen and oxygen atoms in total. The number of methoxy groups -OCH3 is 2. The van der Waals surface area contributed by atoms with E-state index in [-0.39, 0.29) is 10.6 Å². The summed E-state index contributed by atoms with van der Waals surface area (Å²) in [5, 5.41) is 3.95. The Bertz CT molecular complexity index is 1270. The van der Waals surface area contributed by atoms with Gasteiger partial charge in [0.2, 0.25) is 0 Å². The summed E-state index contributed by atoms with van der Waals surface area (Å²) in [6.45, 7) is 3.40. The summed E-state index contributed by atoms with van der Waals surface area (Å²) in [5.74, 6) is 0.0686. The van der Waals surface area contributed by atoms with Gasteiger partial charge < -0.3 is 9.47 Å². The van der Waals surface area contributed by atoms with E-state index in [1.165, 1.54) is 38.6 Å². The molecule has 0 spiro atoms. The minimum absolute atomic E-state index is 0.0401. The summed E-state index contributed by atoms with van der Waals surface area (Å²) in [4.78, 5) is 12.6. The van der Waals surface area contributed by atoms with Crippen LogP contribution in [-0.2, 0) is 14.8 Å². The van der Waals surface area contributed by atoms with Crippen molar-refractivity contribution in [2.75, 3.05) is 25.1 Å². The minimum atomic E-state index is -4.12. The van der Waals surface area contributed by atoms with Crippen molar-refractivity contribution in [2.45, 2.75) is 18.7 Å². The van der Waals surface area contributed by atoms with Crippen molar-refractivity contribution in [2.24, 2.45) is 5.10 Å². The fourth-order valence-electron chi connectivity index (χ4n) is 3.13. The molecule has 178 valence electrons. The van der Waals surface area contributed by atoms with Crippen LogP contribution in [0.3, 0.4) is 0 Å². The van der Waals surface area contributed by atoms with Crippen molar-refractivity contribution in [1.82, 2.24) is 5.43 Å². The van der Waals surface area contributed by atoms with Crippen LogP contribution in [0.1, 0.15) is 16.7 Å². The molecule has 0 fully saturated rings. The number of carbonyl (C=O) groups excluding carboxylic acids is 1. The first-order chi connectivity index (χ1) is 16.2. The molecule has 3 rings (SSSR count). The van der Waals surface area contributed by atoms with Gasteiger partial charge in [0, 0.05) is 6.07 Å². The van der Waals surface area contributed by atoms with Crippen molar-refractivity contribution < 1.29 is 22.7 Å². The quantitative estimate of drug-likeness (QED) is 0.372. The van der Waals surface area contributed by atoms with E-state index in [4.69, 9.17) is 9.47 Å². The van der Waals surface area contributed by atoms with E-state index in [2.05, 4.69) is 10.5 Å². The van der Waals surface area contributed by atoms with Crippen LogP contribution >= 0.6 is 0 Å². The van der Waals surface area contributed by atoms with Gasteiger partial charge in [-0.2, -0.15) is 5.10 Å². The highest BCUT2D eigenvalue weighted by Gasteiger charge is 2.28. The summed E-state index contributed by atoms with van der Waals surface area (Å²) in [7, 11) is -1.23. The lowest BCUT2D eigenvalue weighted by molar-refractivity contribution is -0.119. The number of hydrogen-bond acceptors (Lipinski definition) is 6. The monoisotopic (exact) mass is 481 g/mol. The van der Waals surface area contributed by atoms with E-state index in [1.807, 2.05) is 38.1 Å². The van der Waals surface area contributed by atoms with Crippen molar-refractivity contribution in [1.29, 1.82) is 0 Å². The van der Waals surface area contributed by atoms with Gasteiger partial charge >= 0.3 is 0 Å². The van der Waals surface area contributed by atoms with Gasteiger partial charge in [0.25, 0.3) is 15.9 Å². The van der Waals surface area contributed by atoms with E-state index >= 15 is 0 Å². The van der Waals surface area contributed by atoms with Crippen LogP contribution in [0.5, 0.6) is 11.5 Å². The Morgan fingerprint density at radius 2 is 1.50 bits per heavy atom. The number of aryl methyl sites for hydroxylation is 2. The lowest BCUT2D eigenvalue weighted by Crippen LogP contribution is -2.39. The normalized spacial score (nSPS) is 11.3. The predicted octanol–water partition coefficient (Wildman–Crippen LogP) is 3.67. The second-order valence-electron chi connectivity index (χ2n) is 7.57. The van der Waals surface area contributed by atoms with Gasteiger partial charge in [0.05, 0.1) is 31.0 Å². The van der Waals surface area contributed by atoms with Gasteiger partial charge in [-0.3, -0.25) is 9.10 Å². The smallest absolute Gasteiger partial charge is 0.264 e. The Labute approximate surface area is 199 Å². The van der Waals surface area contributed by atoms with E-state index in [1.54, 1.807) is 24.3 Å². The van der Waals surface area contributed by atoms with Gasteiger partial charge in [-0.05, 0) is 43.7 Å². The zero-order chi connectivity index (χ0) is 24.7. The van der Waals surface area contributed by atoms with Gasteiger partial charge in [-0.25, -0.2) is 13.8 Å². The molecule has 0 aromatic heterocycles. The molecule has 9 heteroatoms. The number of ether oxygens (including phenoxy) is 2. The molecule has 1 amide bonds. The fraction of sp³-hybridized carbons (Fsp3) is 0.200. The summed E-state index contributed by atoms with van der Waals surface area (Å²) >= 11 is 0. The summed E-state index contributed by atoms with van der Waals surface area (Å²) in [6, 6.07) is 18.7. The van der Waals surface area contributed by atoms with Gasteiger partial charge in [0.15, 0.2) is 11.5 Å². The summed E-state index contributed by atoms with van der Waals surface area (Å²) < 4.78 is 38.6. The van der Waals surface area contributed by atoms with E-state index < -0.39 is 22.5 Å². The Hall–Kier alpha value is -3.85. The zero-order valence-electron chi connectivity index (χ0n) is 19.5. The summed E-state index contributed by atoms with van der Waals surface area (Å²) in [6.07, 6.45) is 1.50. The molecular formula is C25H27N3O5S. The second kappa shape index (κ2) is 10.8. The van der Waals surface area contributed by atoms with Gasteiger partial charge in [0.1, 0.15) is 6.54 Å². The lowest BCUT2D eigenvalue weighted by atomic mass is 10.2. The lowest BCUT2D eigenvalue weighted by Gasteiger charge is -2.24. The molecule has 34 heavy (non-hydrogen) atoms. The van der Waals surface area contributed by atoms with Crippen LogP contribution in [0.15, 0.2) is 76.7 Å². The number of anilines is 1. The SMILES string of the molecule is COc1ccc(S(=O)(=O)N(CC(=O)N/N=C\c2ccc(C)cc2)c2ccc(C)cc2)cc1OC. The molecule has 3 aromatic rings. The number of carbonyl (C=O) groups is 1. The Kier molecular flexibility index (Phi) is 7.91. The average Bonchev–Trinajstić information content (AvgIpc) is 2.84. The third-order valence-corrected chi connectivity index (χ3v) is 6.80. The minimum Gasteiger partial charge on any atom is -0.493 e. The first kappa shape index (κ1) is 24.8. The number of sulfonamides is 1. The Balaban J connectivity index is 1.88. The van der Waals surface area contributed by atoms with E-state index in [0.29, 0.717) is 11.4 Å². The molecule has 0 saturated heterocycles. The number of hydrazone groups is 1. The molecule has 0 aliphatic heterocycles. The zero-order valence-corrected chi connectivity index (χ0v) is 20.3. The Morgan fingerprint density at radius 3 is 2.09 bits per heavy atom. The maximum atomic E-state index is 13.6. The van der Waals surface area contributed by atoms with Crippen molar-refractivity contribution in [3.63, 3.8) is 0 Å². The highest BCUT2D eigenvalue weighted by Crippen LogP contribution is 2.32. The topological polar surface area (TPSA) is 97.3 Å². The number of nitrogens with zero attached hydrogens (tertiary/aromatic N) is 2. The molecule has 0 aliphatic carbocycles. The predicted molar refractivity (Wildman–Crippen MR) is 132 cm³/mol. The molecular weight excluding hydrogens is 454 g/mol. The van der Waals surface area contributed by atoms with Crippen LogP contribution in [0.4, 0.5) is 5.69 Å². The number of nitrogens with one attached hydrogen (secondary N) is 1. The molecule has 0 radical (unpaired) electrons. The third-order valence-electron chi connectivity index (χ3n) is 5.03. The molecule has 0 heterocycles. The van der Waals surface area contributed by atoms with Crippen molar-refractivity contribution >= 4 is 27.8 Å². The number of rotatable bonds is 9.